The van der Waals surface area contributed by atoms with E-state index in [0.29, 0.717) is 18.4 Å². The number of nitrogens with one attached hydrogen (secondary N) is 2. The number of aryl methyl sites for hydroxylation is 1. The predicted molar refractivity (Wildman–Crippen MR) is 126 cm³/mol. The van der Waals surface area contributed by atoms with E-state index in [1.165, 1.54) is 12.0 Å². The normalized spacial score (nSPS) is 17.9. The molecule has 7 heteroatoms. The zero-order valence-corrected chi connectivity index (χ0v) is 19.5. The molecular weight excluding hydrogens is 390 g/mol. The fourth-order valence-corrected chi connectivity index (χ4v) is 3.99. The number of carbonyl (C=O) groups is 1. The van der Waals surface area contributed by atoms with Gasteiger partial charge in [-0.2, -0.15) is 0 Å². The van der Waals surface area contributed by atoms with Crippen molar-refractivity contribution in [3.8, 4) is 5.75 Å². The van der Waals surface area contributed by atoms with Crippen LogP contribution in [0, 0.1) is 12.8 Å². The average molecular weight is 430 g/mol. The third-order valence-corrected chi connectivity index (χ3v) is 6.21. The second-order valence-corrected chi connectivity index (χ2v) is 8.61. The number of carbonyl (C=O) groups excluding carboxylic acids is 1. The van der Waals surface area contributed by atoms with Crippen LogP contribution in [-0.2, 0) is 11.3 Å². The Morgan fingerprint density at radius 1 is 1.19 bits per heavy atom. The van der Waals surface area contributed by atoms with Crippen LogP contribution in [-0.4, -0.2) is 74.6 Å². The first-order chi connectivity index (χ1) is 15.1. The van der Waals surface area contributed by atoms with E-state index in [2.05, 4.69) is 57.5 Å². The van der Waals surface area contributed by atoms with Crippen LogP contribution in [0.5, 0.6) is 5.75 Å². The van der Waals surface area contributed by atoms with Crippen molar-refractivity contribution in [3.63, 3.8) is 0 Å². The topological polar surface area (TPSA) is 69.2 Å². The first kappa shape index (κ1) is 23.4. The monoisotopic (exact) mass is 429 g/mol. The smallest absolute Gasteiger partial charge is 0.225 e. The van der Waals surface area contributed by atoms with E-state index in [9.17, 15) is 4.79 Å². The van der Waals surface area contributed by atoms with Crippen molar-refractivity contribution in [2.75, 3.05) is 52.9 Å². The molecule has 172 valence electrons. The van der Waals surface area contributed by atoms with Crippen LogP contribution in [0.2, 0.25) is 0 Å². The van der Waals surface area contributed by atoms with Gasteiger partial charge in [0.05, 0.1) is 6.61 Å². The predicted octanol–water partition coefficient (Wildman–Crippen LogP) is 2.39. The lowest BCUT2D eigenvalue weighted by molar-refractivity contribution is -0.139. The van der Waals surface area contributed by atoms with Crippen molar-refractivity contribution in [1.29, 1.82) is 0 Å². The number of nitrogens with zero attached hydrogens (tertiary/aromatic N) is 3. The summed E-state index contributed by atoms with van der Waals surface area (Å²) in [6, 6.07) is 6.32. The van der Waals surface area contributed by atoms with Gasteiger partial charge in [0.2, 0.25) is 5.91 Å². The van der Waals surface area contributed by atoms with E-state index in [1.807, 2.05) is 0 Å². The summed E-state index contributed by atoms with van der Waals surface area (Å²) in [5.41, 5.74) is 2.33. The van der Waals surface area contributed by atoms with E-state index in [0.717, 1.165) is 82.4 Å². The molecule has 1 saturated heterocycles. The zero-order chi connectivity index (χ0) is 22.1. The Labute approximate surface area is 187 Å². The van der Waals surface area contributed by atoms with Gasteiger partial charge in [-0.05, 0) is 37.8 Å². The fourth-order valence-electron chi connectivity index (χ4n) is 3.99. The van der Waals surface area contributed by atoms with Crippen molar-refractivity contribution in [2.45, 2.75) is 46.1 Å². The molecular formula is C24H39N5O2. The summed E-state index contributed by atoms with van der Waals surface area (Å²) < 4.78 is 5.91. The molecule has 31 heavy (non-hydrogen) atoms. The van der Waals surface area contributed by atoms with Gasteiger partial charge in [0, 0.05) is 64.3 Å². The molecule has 1 amide bonds. The second kappa shape index (κ2) is 11.9. The van der Waals surface area contributed by atoms with Crippen LogP contribution >= 0.6 is 0 Å². The molecule has 2 fully saturated rings. The van der Waals surface area contributed by atoms with Crippen molar-refractivity contribution < 1.29 is 9.53 Å². The number of rotatable bonds is 9. The third-order valence-electron chi connectivity index (χ3n) is 6.21. The largest absolute Gasteiger partial charge is 0.493 e. The van der Waals surface area contributed by atoms with Gasteiger partial charge in [-0.25, -0.2) is 0 Å². The van der Waals surface area contributed by atoms with Crippen LogP contribution < -0.4 is 15.4 Å². The average Bonchev–Trinajstić information content (AvgIpc) is 2.74. The van der Waals surface area contributed by atoms with Crippen LogP contribution in [0.3, 0.4) is 0 Å². The van der Waals surface area contributed by atoms with Crippen LogP contribution in [0.4, 0.5) is 0 Å². The zero-order valence-electron chi connectivity index (χ0n) is 19.5. The fraction of sp³-hybridized carbons (Fsp3) is 0.667. The van der Waals surface area contributed by atoms with E-state index in [1.54, 1.807) is 7.05 Å². The summed E-state index contributed by atoms with van der Waals surface area (Å²) in [6.07, 6.45) is 4.38. The maximum absolute atomic E-state index is 12.4. The van der Waals surface area contributed by atoms with Crippen molar-refractivity contribution in [1.82, 2.24) is 20.4 Å². The molecule has 3 rings (SSSR count). The molecule has 1 aliphatic carbocycles. The molecule has 2 N–H and O–H groups in total. The van der Waals surface area contributed by atoms with Gasteiger partial charge < -0.3 is 20.3 Å². The summed E-state index contributed by atoms with van der Waals surface area (Å²) in [5, 5.41) is 6.80. The molecule has 1 aromatic carbocycles. The Balaban J connectivity index is 1.37. The van der Waals surface area contributed by atoms with Crippen LogP contribution in [0.15, 0.2) is 23.2 Å². The molecule has 0 spiro atoms. The van der Waals surface area contributed by atoms with E-state index in [-0.39, 0.29) is 0 Å². The maximum Gasteiger partial charge on any atom is 0.225 e. The molecule has 0 atom stereocenters. The number of amides is 1. The van der Waals surface area contributed by atoms with Crippen molar-refractivity contribution in [2.24, 2.45) is 10.9 Å². The van der Waals surface area contributed by atoms with Gasteiger partial charge in [-0.15, -0.1) is 0 Å². The van der Waals surface area contributed by atoms with Gasteiger partial charge in [-0.3, -0.25) is 14.7 Å². The standard InChI is InChI=1S/C24H39N5O2/c1-4-16-31-22-17-19(2)8-9-21(22)18-27-24(25-3)26-10-11-28-12-14-29(15-13-28)23(30)20-6-5-7-20/h8-9,17,20H,4-7,10-16,18H2,1-3H3,(H2,25,26,27). The van der Waals surface area contributed by atoms with E-state index in [4.69, 9.17) is 4.74 Å². The Morgan fingerprint density at radius 2 is 1.97 bits per heavy atom. The molecule has 0 bridgehead atoms. The number of piperazine rings is 1. The molecule has 0 unspecified atom stereocenters. The molecule has 1 aromatic rings. The first-order valence-corrected chi connectivity index (χ1v) is 11.8. The Morgan fingerprint density at radius 3 is 2.61 bits per heavy atom. The number of ether oxygens (including phenoxy) is 1. The van der Waals surface area contributed by atoms with Gasteiger partial charge in [0.25, 0.3) is 0 Å². The highest BCUT2D eigenvalue weighted by Crippen LogP contribution is 2.28. The highest BCUT2D eigenvalue weighted by atomic mass is 16.5. The SMILES string of the molecule is CCCOc1cc(C)ccc1CNC(=NC)NCCN1CCN(C(=O)C2CCC2)CC1. The number of benzene rings is 1. The molecule has 2 aliphatic rings. The Bertz CT molecular complexity index is 739. The highest BCUT2D eigenvalue weighted by molar-refractivity contribution is 5.80. The number of hydrogen-bond acceptors (Lipinski definition) is 4. The minimum atomic E-state index is 0.309. The third kappa shape index (κ3) is 6.86. The van der Waals surface area contributed by atoms with Crippen molar-refractivity contribution >= 4 is 11.9 Å². The van der Waals surface area contributed by atoms with Crippen LogP contribution in [0.25, 0.3) is 0 Å². The van der Waals surface area contributed by atoms with Gasteiger partial charge >= 0.3 is 0 Å². The molecule has 0 aromatic heterocycles. The summed E-state index contributed by atoms with van der Waals surface area (Å²) in [4.78, 5) is 21.2. The summed E-state index contributed by atoms with van der Waals surface area (Å²) in [7, 11) is 1.80. The molecule has 7 nitrogen and oxygen atoms in total. The van der Waals surface area contributed by atoms with Gasteiger partial charge in [0.1, 0.15) is 5.75 Å². The summed E-state index contributed by atoms with van der Waals surface area (Å²) >= 11 is 0. The van der Waals surface area contributed by atoms with Gasteiger partial charge in [0.15, 0.2) is 5.96 Å². The molecule has 0 radical (unpaired) electrons. The molecule has 1 aliphatic heterocycles. The lowest BCUT2D eigenvalue weighted by Crippen LogP contribution is -2.52. The molecule has 1 heterocycles. The van der Waals surface area contributed by atoms with E-state index < -0.39 is 0 Å². The second-order valence-electron chi connectivity index (χ2n) is 8.61. The van der Waals surface area contributed by atoms with Crippen molar-refractivity contribution in [3.05, 3.63) is 29.3 Å². The lowest BCUT2D eigenvalue weighted by atomic mass is 9.84. The minimum Gasteiger partial charge on any atom is -0.493 e. The molecule has 1 saturated carbocycles. The number of guanidine groups is 1. The minimum absolute atomic E-state index is 0.309. The van der Waals surface area contributed by atoms with Crippen LogP contribution in [0.1, 0.15) is 43.7 Å². The number of hydrogen-bond donors (Lipinski definition) is 2. The van der Waals surface area contributed by atoms with E-state index >= 15 is 0 Å². The maximum atomic E-state index is 12.4. The Kier molecular flexibility index (Phi) is 9.00. The Hall–Kier alpha value is -2.28. The van der Waals surface area contributed by atoms with Gasteiger partial charge in [-0.1, -0.05) is 25.5 Å². The lowest BCUT2D eigenvalue weighted by Gasteiger charge is -2.38. The number of aliphatic imine (C=N–C) groups is 1. The quantitative estimate of drug-likeness (QED) is 0.466. The first-order valence-electron chi connectivity index (χ1n) is 11.8. The summed E-state index contributed by atoms with van der Waals surface area (Å²) in [5.74, 6) is 2.43. The summed E-state index contributed by atoms with van der Waals surface area (Å²) in [6.45, 7) is 11.0. The highest BCUT2D eigenvalue weighted by Gasteiger charge is 2.30.